The molecule has 0 heterocycles. The second kappa shape index (κ2) is 55.3. The van der Waals surface area contributed by atoms with E-state index in [0.29, 0.717) is 0 Å². The van der Waals surface area contributed by atoms with Crippen LogP contribution in [0.4, 0.5) is 0 Å². The van der Waals surface area contributed by atoms with Gasteiger partial charge < -0.3 is 21.9 Å². The summed E-state index contributed by atoms with van der Waals surface area (Å²) in [6.45, 7) is 0. The summed E-state index contributed by atoms with van der Waals surface area (Å²) in [7, 11) is 0. The fourth-order valence-electron chi connectivity index (χ4n) is 0. The molecule has 4 nitrogen and oxygen atoms in total. The molecule has 0 aliphatic heterocycles. The Morgan fingerprint density at radius 1 is 0.667 bits per heavy atom. The minimum absolute atomic E-state index is 0. The third-order valence-electron chi connectivity index (χ3n) is 0. The molecule has 0 spiro atoms. The molecule has 0 unspecified atom stereocenters. The van der Waals surface area contributed by atoms with Crippen molar-refractivity contribution in [3.8, 4) is 0 Å². The van der Waals surface area contributed by atoms with Crippen molar-refractivity contribution in [3.05, 3.63) is 0 Å². The molecule has 0 aliphatic rings. The van der Waals surface area contributed by atoms with E-state index in [2.05, 4.69) is 0 Å². The summed E-state index contributed by atoms with van der Waals surface area (Å²) in [6, 6.07) is 0. The zero-order chi connectivity index (χ0) is 0. The van der Waals surface area contributed by atoms with Gasteiger partial charge in [-0.05, 0) is 0 Å². The van der Waals surface area contributed by atoms with Crippen LogP contribution < -0.4 is 51.4 Å². The predicted octanol–water partition coefficient (Wildman–Crippen LogP) is -6.03. The van der Waals surface area contributed by atoms with Gasteiger partial charge in [-0.15, -0.1) is 0 Å². The SMILES string of the molecule is O.O.O.[K+].[OH-].[Sn]. The van der Waals surface area contributed by atoms with E-state index in [1.54, 1.807) is 0 Å². The summed E-state index contributed by atoms with van der Waals surface area (Å²) < 4.78 is 0. The summed E-state index contributed by atoms with van der Waals surface area (Å²) in [5.74, 6) is 0. The number of hydrogen-bond donors (Lipinski definition) is 0. The minimum atomic E-state index is 0. The van der Waals surface area contributed by atoms with Crippen LogP contribution in [0.2, 0.25) is 0 Å². The van der Waals surface area contributed by atoms with Gasteiger partial charge in [-0.2, -0.15) is 0 Å². The normalized spacial score (nSPS) is 0. The maximum absolute atomic E-state index is 0. The van der Waals surface area contributed by atoms with Gasteiger partial charge in [0.15, 0.2) is 0 Å². The van der Waals surface area contributed by atoms with Gasteiger partial charge in [0.2, 0.25) is 0 Å². The van der Waals surface area contributed by atoms with Crippen molar-refractivity contribution < 1.29 is 73.3 Å². The first kappa shape index (κ1) is 84.6. The van der Waals surface area contributed by atoms with E-state index in [0.717, 1.165) is 0 Å². The van der Waals surface area contributed by atoms with Crippen LogP contribution in [-0.4, -0.2) is 45.8 Å². The second-order valence-corrected chi connectivity index (χ2v) is 0. The van der Waals surface area contributed by atoms with E-state index < -0.39 is 0 Å². The molecule has 0 aromatic rings. The Morgan fingerprint density at radius 3 is 0.667 bits per heavy atom. The van der Waals surface area contributed by atoms with Gasteiger partial charge in [0.1, 0.15) is 0 Å². The van der Waals surface area contributed by atoms with Crippen molar-refractivity contribution in [2.45, 2.75) is 0 Å². The Kier molecular flexibility index (Phi) is 781. The molecule has 0 aromatic heterocycles. The molecule has 0 aliphatic carbocycles. The molecule has 0 fully saturated rings. The van der Waals surface area contributed by atoms with Gasteiger partial charge in [-0.3, -0.25) is 0 Å². The van der Waals surface area contributed by atoms with Gasteiger partial charge in [0, 0.05) is 23.9 Å². The third-order valence-corrected chi connectivity index (χ3v) is 0. The van der Waals surface area contributed by atoms with E-state index in [-0.39, 0.29) is 97.2 Å². The van der Waals surface area contributed by atoms with Gasteiger partial charge in [-0.1, -0.05) is 0 Å². The standard InChI is InChI=1S/K.4H2O.Sn/h;4*1H2;/q+1;;;;;/p-1. The largest absolute Gasteiger partial charge is 1.00 e. The monoisotopic (exact) mass is 230 g/mol. The van der Waals surface area contributed by atoms with Crippen molar-refractivity contribution in [2.24, 2.45) is 0 Å². The minimum Gasteiger partial charge on any atom is -0.870 e. The van der Waals surface area contributed by atoms with E-state index in [1.807, 2.05) is 0 Å². The van der Waals surface area contributed by atoms with Gasteiger partial charge in [0.25, 0.3) is 0 Å². The first-order chi connectivity index (χ1) is 0. The molecule has 0 atom stereocenters. The molecule has 0 saturated carbocycles. The Labute approximate surface area is 95.3 Å². The molecule has 36 valence electrons. The van der Waals surface area contributed by atoms with Crippen LogP contribution in [0, 0.1) is 0 Å². The van der Waals surface area contributed by atoms with Crippen molar-refractivity contribution in [1.29, 1.82) is 0 Å². The summed E-state index contributed by atoms with van der Waals surface area (Å²) in [6.07, 6.45) is 0. The maximum Gasteiger partial charge on any atom is 1.00 e. The molecule has 6 heteroatoms. The van der Waals surface area contributed by atoms with Gasteiger partial charge in [0.05, 0.1) is 0 Å². The van der Waals surface area contributed by atoms with Gasteiger partial charge in [-0.25, -0.2) is 0 Å². The van der Waals surface area contributed by atoms with Crippen LogP contribution in [0.1, 0.15) is 0 Å². The molecular formula is H7KO4Sn. The third kappa shape index (κ3) is 33.7. The van der Waals surface area contributed by atoms with Crippen LogP contribution in [0.15, 0.2) is 0 Å². The predicted molar refractivity (Wildman–Crippen MR) is 18.5 cm³/mol. The molecule has 6 heavy (non-hydrogen) atoms. The molecular weight excluding hydrogens is 222 g/mol. The maximum atomic E-state index is 0. The molecule has 4 radical (unpaired) electrons. The smallest absolute Gasteiger partial charge is 0.870 e. The summed E-state index contributed by atoms with van der Waals surface area (Å²) >= 11 is 0. The first-order valence-electron chi connectivity index (χ1n) is 0. The average molecular weight is 229 g/mol. The Hall–Kier alpha value is 2.28. The molecule has 0 amide bonds. The van der Waals surface area contributed by atoms with Crippen LogP contribution in [0.3, 0.4) is 0 Å². The van der Waals surface area contributed by atoms with Crippen LogP contribution in [-0.2, 0) is 0 Å². The average Bonchev–Trinajstić information content (AvgIpc) is 0. The van der Waals surface area contributed by atoms with Crippen molar-refractivity contribution in [1.82, 2.24) is 0 Å². The fraction of sp³-hybridized carbons (Fsp3) is 0. The molecule has 0 aromatic carbocycles. The van der Waals surface area contributed by atoms with Crippen molar-refractivity contribution in [2.75, 3.05) is 0 Å². The van der Waals surface area contributed by atoms with Crippen LogP contribution in [0.5, 0.6) is 0 Å². The van der Waals surface area contributed by atoms with Crippen molar-refractivity contribution in [3.63, 3.8) is 0 Å². The molecule has 0 bridgehead atoms. The zero-order valence-electron chi connectivity index (χ0n) is 3.45. The fourth-order valence-corrected chi connectivity index (χ4v) is 0. The molecule has 0 rings (SSSR count). The van der Waals surface area contributed by atoms with Gasteiger partial charge >= 0.3 is 51.4 Å². The zero-order valence-corrected chi connectivity index (χ0v) is 9.42. The van der Waals surface area contributed by atoms with E-state index in [1.165, 1.54) is 0 Å². The number of rotatable bonds is 0. The second-order valence-electron chi connectivity index (χ2n) is 0. The Morgan fingerprint density at radius 2 is 0.667 bits per heavy atom. The number of hydrogen-bond acceptors (Lipinski definition) is 1. The molecule has 0 saturated heterocycles. The van der Waals surface area contributed by atoms with Crippen LogP contribution >= 0.6 is 0 Å². The van der Waals surface area contributed by atoms with E-state index >= 15 is 0 Å². The Balaban J connectivity index is 0. The van der Waals surface area contributed by atoms with Crippen LogP contribution in [0.25, 0.3) is 0 Å². The quantitative estimate of drug-likeness (QED) is 0.376. The first-order valence-corrected chi connectivity index (χ1v) is 0. The summed E-state index contributed by atoms with van der Waals surface area (Å²) in [4.78, 5) is 0. The van der Waals surface area contributed by atoms with E-state index in [4.69, 9.17) is 0 Å². The van der Waals surface area contributed by atoms with E-state index in [9.17, 15) is 0 Å². The molecule has 7 N–H and O–H groups in total. The topological polar surface area (TPSA) is 124 Å². The van der Waals surface area contributed by atoms with Crippen molar-refractivity contribution >= 4 is 23.9 Å². The summed E-state index contributed by atoms with van der Waals surface area (Å²) in [5, 5.41) is 0. The summed E-state index contributed by atoms with van der Waals surface area (Å²) in [5.41, 5.74) is 0. The Bertz CT molecular complexity index is 7.51.